The van der Waals surface area contributed by atoms with Crippen LogP contribution < -0.4 is 10.6 Å². The van der Waals surface area contributed by atoms with E-state index in [1.165, 1.54) is 0 Å². The van der Waals surface area contributed by atoms with Gasteiger partial charge in [0.1, 0.15) is 0 Å². The van der Waals surface area contributed by atoms with Crippen LogP contribution in [-0.4, -0.2) is 38.0 Å². The van der Waals surface area contributed by atoms with Crippen LogP contribution in [0.4, 0.5) is 10.5 Å². The van der Waals surface area contributed by atoms with Gasteiger partial charge in [0.05, 0.1) is 23.2 Å². The first-order valence-electron chi connectivity index (χ1n) is 8.24. The van der Waals surface area contributed by atoms with E-state index in [9.17, 15) is 9.90 Å². The maximum absolute atomic E-state index is 12.0. The van der Waals surface area contributed by atoms with Crippen molar-refractivity contribution in [2.75, 3.05) is 11.9 Å². The zero-order chi connectivity index (χ0) is 17.9. The van der Waals surface area contributed by atoms with Gasteiger partial charge in [0, 0.05) is 19.0 Å². The molecule has 7 heteroatoms. The van der Waals surface area contributed by atoms with Crippen LogP contribution in [0.3, 0.4) is 0 Å². The summed E-state index contributed by atoms with van der Waals surface area (Å²) in [5, 5.41) is 21.0. The van der Waals surface area contributed by atoms with E-state index >= 15 is 0 Å². The number of amides is 2. The van der Waals surface area contributed by atoms with Crippen LogP contribution in [0.5, 0.6) is 0 Å². The molecule has 0 saturated heterocycles. The van der Waals surface area contributed by atoms with Crippen molar-refractivity contribution in [1.82, 2.24) is 20.1 Å². The summed E-state index contributed by atoms with van der Waals surface area (Å²) in [4.78, 5) is 16.4. The second kappa shape index (κ2) is 7.17. The molecule has 2 rings (SSSR count). The Morgan fingerprint density at radius 2 is 2.17 bits per heavy atom. The molecule has 2 aromatic heterocycles. The van der Waals surface area contributed by atoms with E-state index in [4.69, 9.17) is 0 Å². The van der Waals surface area contributed by atoms with Gasteiger partial charge < -0.3 is 15.7 Å². The first-order valence-corrected chi connectivity index (χ1v) is 8.24. The van der Waals surface area contributed by atoms with Crippen molar-refractivity contribution in [3.63, 3.8) is 0 Å². The van der Waals surface area contributed by atoms with Crippen molar-refractivity contribution in [3.8, 4) is 0 Å². The number of aliphatic hydroxyl groups is 1. The normalized spacial score (nSPS) is 14.0. The first kappa shape index (κ1) is 18.2. The fourth-order valence-electron chi connectivity index (χ4n) is 2.51. The van der Waals surface area contributed by atoms with Crippen LogP contribution in [-0.2, 0) is 7.05 Å². The summed E-state index contributed by atoms with van der Waals surface area (Å²) in [5.74, 6) is 0.519. The fourth-order valence-corrected chi connectivity index (χ4v) is 2.51. The molecule has 0 fully saturated rings. The Kier molecular flexibility index (Phi) is 5.43. The lowest BCUT2D eigenvalue weighted by Gasteiger charge is -2.24. The largest absolute Gasteiger partial charge is 0.388 e. The van der Waals surface area contributed by atoms with Crippen LogP contribution in [0.2, 0.25) is 0 Å². The third-order valence-electron chi connectivity index (χ3n) is 4.01. The van der Waals surface area contributed by atoms with Gasteiger partial charge in [-0.25, -0.2) is 9.78 Å². The molecule has 0 radical (unpaired) electrons. The number of hydrogen-bond acceptors (Lipinski definition) is 4. The Bertz CT molecular complexity index is 721. The molecule has 0 bridgehead atoms. The Labute approximate surface area is 142 Å². The Morgan fingerprint density at radius 3 is 2.83 bits per heavy atom. The van der Waals surface area contributed by atoms with Gasteiger partial charge in [-0.05, 0) is 38.7 Å². The minimum atomic E-state index is -0.913. The molecular weight excluding hydrogens is 306 g/mol. The lowest BCUT2D eigenvalue weighted by molar-refractivity contribution is 0.0481. The molecule has 132 valence electrons. The summed E-state index contributed by atoms with van der Waals surface area (Å²) >= 11 is 0. The predicted octanol–water partition coefficient (Wildman–Crippen LogP) is 2.59. The summed E-state index contributed by atoms with van der Waals surface area (Å²) in [6.45, 7) is 8.06. The number of fused-ring (bicyclic) bond motifs is 1. The summed E-state index contributed by atoms with van der Waals surface area (Å²) in [6.07, 6.45) is 3.16. The summed E-state index contributed by atoms with van der Waals surface area (Å²) in [7, 11) is 1.83. The second-order valence-electron chi connectivity index (χ2n) is 7.04. The van der Waals surface area contributed by atoms with Crippen LogP contribution in [0, 0.1) is 12.8 Å². The van der Waals surface area contributed by atoms with Crippen LogP contribution in [0.25, 0.3) is 11.0 Å². The summed E-state index contributed by atoms with van der Waals surface area (Å²) in [6, 6.07) is 1.49. The van der Waals surface area contributed by atoms with Crippen molar-refractivity contribution in [2.45, 2.75) is 46.1 Å². The van der Waals surface area contributed by atoms with Gasteiger partial charge in [-0.3, -0.25) is 4.68 Å². The highest BCUT2D eigenvalue weighted by Gasteiger charge is 2.21. The number of nitrogens with zero attached hydrogens (tertiary/aromatic N) is 3. The molecule has 0 aliphatic carbocycles. The molecule has 0 spiro atoms. The highest BCUT2D eigenvalue weighted by Crippen LogP contribution is 2.19. The molecular formula is C17H27N5O2. The number of carbonyl (C=O) groups is 1. The molecule has 2 amide bonds. The van der Waals surface area contributed by atoms with Crippen molar-refractivity contribution in [2.24, 2.45) is 13.0 Å². The van der Waals surface area contributed by atoms with Crippen molar-refractivity contribution >= 4 is 22.8 Å². The van der Waals surface area contributed by atoms with E-state index in [-0.39, 0.29) is 12.6 Å². The summed E-state index contributed by atoms with van der Waals surface area (Å²) < 4.78 is 1.71. The number of urea groups is 1. The number of aryl methyl sites for hydroxylation is 2. The van der Waals surface area contributed by atoms with Gasteiger partial charge in [0.15, 0.2) is 5.65 Å². The topological polar surface area (TPSA) is 92.1 Å². The van der Waals surface area contributed by atoms with E-state index in [0.29, 0.717) is 18.0 Å². The van der Waals surface area contributed by atoms with Crippen molar-refractivity contribution < 1.29 is 9.90 Å². The van der Waals surface area contributed by atoms with Crippen LogP contribution >= 0.6 is 0 Å². The van der Waals surface area contributed by atoms with Crippen LogP contribution in [0.15, 0.2) is 12.3 Å². The molecule has 2 aromatic rings. The molecule has 1 unspecified atom stereocenters. The molecule has 1 atom stereocenters. The molecule has 0 saturated carbocycles. The Balaban J connectivity index is 1.94. The van der Waals surface area contributed by atoms with E-state index in [1.807, 2.05) is 20.0 Å². The Hall–Kier alpha value is -2.15. The molecule has 0 aliphatic rings. The highest BCUT2D eigenvalue weighted by molar-refractivity contribution is 5.92. The number of anilines is 1. The number of rotatable bonds is 6. The molecule has 2 heterocycles. The molecule has 24 heavy (non-hydrogen) atoms. The lowest BCUT2D eigenvalue weighted by Crippen LogP contribution is -2.42. The number of aromatic nitrogens is 3. The third kappa shape index (κ3) is 4.67. The zero-order valence-corrected chi connectivity index (χ0v) is 15.1. The monoisotopic (exact) mass is 333 g/mol. The number of carbonyl (C=O) groups excluding carboxylic acids is 1. The molecule has 0 aliphatic heterocycles. The average Bonchev–Trinajstić information content (AvgIpc) is 2.78. The SMILES string of the molecule is Cc1nn(C)c2ncc(NC(=O)NCC(C)(O)CCC(C)C)cc12. The van der Waals surface area contributed by atoms with Crippen molar-refractivity contribution in [3.05, 3.63) is 18.0 Å². The highest BCUT2D eigenvalue weighted by atomic mass is 16.3. The first-order chi connectivity index (χ1) is 11.2. The predicted molar refractivity (Wildman–Crippen MR) is 95.0 cm³/mol. The fraction of sp³-hybridized carbons (Fsp3) is 0.588. The maximum atomic E-state index is 12.0. The van der Waals surface area contributed by atoms with Gasteiger partial charge in [-0.2, -0.15) is 5.10 Å². The van der Waals surface area contributed by atoms with Gasteiger partial charge in [-0.15, -0.1) is 0 Å². The van der Waals surface area contributed by atoms with Gasteiger partial charge in [-0.1, -0.05) is 13.8 Å². The van der Waals surface area contributed by atoms with Gasteiger partial charge in [0.25, 0.3) is 0 Å². The number of pyridine rings is 1. The van der Waals surface area contributed by atoms with Gasteiger partial charge >= 0.3 is 6.03 Å². The zero-order valence-electron chi connectivity index (χ0n) is 15.1. The number of nitrogens with one attached hydrogen (secondary N) is 2. The molecule has 0 aromatic carbocycles. The second-order valence-corrected chi connectivity index (χ2v) is 7.04. The third-order valence-corrected chi connectivity index (χ3v) is 4.01. The lowest BCUT2D eigenvalue weighted by atomic mass is 9.95. The van der Waals surface area contributed by atoms with Crippen LogP contribution in [0.1, 0.15) is 39.3 Å². The van der Waals surface area contributed by atoms with Crippen molar-refractivity contribution in [1.29, 1.82) is 0 Å². The number of hydrogen-bond donors (Lipinski definition) is 3. The quantitative estimate of drug-likeness (QED) is 0.757. The summed E-state index contributed by atoms with van der Waals surface area (Å²) in [5.41, 5.74) is 1.32. The van der Waals surface area contributed by atoms with E-state index in [2.05, 4.69) is 34.6 Å². The van der Waals surface area contributed by atoms with E-state index in [1.54, 1.807) is 17.8 Å². The van der Waals surface area contributed by atoms with E-state index in [0.717, 1.165) is 23.1 Å². The van der Waals surface area contributed by atoms with E-state index < -0.39 is 5.60 Å². The maximum Gasteiger partial charge on any atom is 0.319 e. The molecule has 7 nitrogen and oxygen atoms in total. The minimum Gasteiger partial charge on any atom is -0.388 e. The smallest absolute Gasteiger partial charge is 0.319 e. The van der Waals surface area contributed by atoms with Gasteiger partial charge in [0.2, 0.25) is 0 Å². The average molecular weight is 333 g/mol. The Morgan fingerprint density at radius 1 is 1.46 bits per heavy atom. The molecule has 3 N–H and O–H groups in total. The minimum absolute atomic E-state index is 0.202. The standard InChI is InChI=1S/C17H27N5O2/c1-11(2)6-7-17(4,24)10-19-16(23)20-13-8-14-12(3)21-22(5)15(14)18-9-13/h8-9,11,24H,6-7,10H2,1-5H3,(H2,19,20,23).